The number of rotatable bonds is 2. The van der Waals surface area contributed by atoms with Crippen LogP contribution >= 0.6 is 24.0 Å². The lowest BCUT2D eigenvalue weighted by Crippen LogP contribution is -2.29. The quantitative estimate of drug-likeness (QED) is 0.463. The van der Waals surface area contributed by atoms with E-state index in [0.29, 0.717) is 16.6 Å². The highest BCUT2D eigenvalue weighted by atomic mass is 35.5. The Morgan fingerprint density at radius 3 is 2.71 bits per heavy atom. The number of aliphatic hydroxyl groups is 3. The Hall–Kier alpha value is -1.38. The van der Waals surface area contributed by atoms with Gasteiger partial charge in [0.1, 0.15) is 22.9 Å². The van der Waals surface area contributed by atoms with Gasteiger partial charge in [0.2, 0.25) is 0 Å². The molecule has 21 heavy (non-hydrogen) atoms. The van der Waals surface area contributed by atoms with Crippen molar-refractivity contribution in [3.63, 3.8) is 0 Å². The maximum absolute atomic E-state index is 10.1. The van der Waals surface area contributed by atoms with Gasteiger partial charge >= 0.3 is 0 Å². The Labute approximate surface area is 131 Å². The first kappa shape index (κ1) is 16.0. The van der Waals surface area contributed by atoms with Crippen LogP contribution in [0.4, 0.5) is 5.82 Å². The van der Waals surface area contributed by atoms with Crippen molar-refractivity contribution in [3.8, 4) is 0 Å². The van der Waals surface area contributed by atoms with Crippen LogP contribution in [0.25, 0.3) is 11.0 Å². The van der Waals surface area contributed by atoms with Crippen LogP contribution in [0.5, 0.6) is 0 Å². The number of aromatic nitrogens is 3. The van der Waals surface area contributed by atoms with Crippen LogP contribution in [0.3, 0.4) is 0 Å². The molecule has 114 valence electrons. The maximum Gasteiger partial charge on any atom is 0.153 e. The van der Waals surface area contributed by atoms with E-state index >= 15 is 0 Å². The molecule has 3 atom stereocenters. The van der Waals surface area contributed by atoms with Crippen LogP contribution in [0.1, 0.15) is 6.04 Å². The van der Waals surface area contributed by atoms with Crippen LogP contribution in [0.2, 0.25) is 5.15 Å². The average Bonchev–Trinajstić information content (AvgIpc) is 2.93. The van der Waals surface area contributed by atoms with Gasteiger partial charge in [0.15, 0.2) is 5.82 Å². The second-order valence-corrected chi connectivity index (χ2v) is 5.06. The lowest BCUT2D eigenvalue weighted by Gasteiger charge is -2.19. The molecule has 1 aliphatic rings. The van der Waals surface area contributed by atoms with E-state index < -0.39 is 18.2 Å². The van der Waals surface area contributed by atoms with Crippen LogP contribution < -0.4 is 5.73 Å². The fourth-order valence-electron chi connectivity index (χ4n) is 2.48. The molecule has 7 nitrogen and oxygen atoms in total. The molecule has 2 heterocycles. The third-order valence-corrected chi connectivity index (χ3v) is 3.69. The fraction of sp³-hybridized carbons (Fsp3) is 0.333. The predicted molar refractivity (Wildman–Crippen MR) is 80.4 cm³/mol. The summed E-state index contributed by atoms with van der Waals surface area (Å²) in [7, 11) is 0. The monoisotopic (exact) mass is 332 g/mol. The van der Waals surface area contributed by atoms with Crippen LogP contribution in [-0.2, 0) is 0 Å². The normalized spacial score (nSPS) is 25.0. The minimum Gasteiger partial charge on any atom is -0.392 e. The molecule has 0 radical (unpaired) electrons. The van der Waals surface area contributed by atoms with Crippen LogP contribution in [-0.4, -0.2) is 48.7 Å². The van der Waals surface area contributed by atoms with E-state index in [0.717, 1.165) is 0 Å². The molecule has 1 aliphatic carbocycles. The molecule has 9 heteroatoms. The summed E-state index contributed by atoms with van der Waals surface area (Å²) >= 11 is 5.88. The van der Waals surface area contributed by atoms with E-state index in [9.17, 15) is 10.2 Å². The van der Waals surface area contributed by atoms with Crippen molar-refractivity contribution in [2.45, 2.75) is 18.2 Å². The average molecular weight is 333 g/mol. The molecular formula is C12H14Cl2N4O3. The molecule has 0 fully saturated rings. The van der Waals surface area contributed by atoms with Gasteiger partial charge in [0, 0.05) is 6.07 Å². The minimum absolute atomic E-state index is 0. The van der Waals surface area contributed by atoms with Crippen molar-refractivity contribution in [1.82, 2.24) is 14.5 Å². The standard InChI is InChI=1S/C12H13ClN4O3.ClH/c13-8-2-6-9(12(14)16-8)15-4-17(6)7-1-5(3-18)10(19)11(7)20;/h1-2,4,7,10-11,18-20H,3H2,(H2,14,16);1H/t7-,10-,11+;/m1./s1. The van der Waals surface area contributed by atoms with E-state index in [1.807, 2.05) is 0 Å². The molecule has 0 bridgehead atoms. The Morgan fingerprint density at radius 2 is 2.10 bits per heavy atom. The van der Waals surface area contributed by atoms with Crippen LogP contribution in [0.15, 0.2) is 24.0 Å². The molecule has 0 saturated carbocycles. The number of nitrogen functional groups attached to an aromatic ring is 1. The molecule has 0 amide bonds. The minimum atomic E-state index is -1.10. The predicted octanol–water partition coefficient (Wildman–Crippen LogP) is 0.284. The van der Waals surface area contributed by atoms with E-state index in [1.165, 1.54) is 6.33 Å². The number of halogens is 2. The molecule has 3 rings (SSSR count). The summed E-state index contributed by atoms with van der Waals surface area (Å²) in [6.45, 7) is -0.314. The van der Waals surface area contributed by atoms with Gasteiger partial charge in [-0.2, -0.15) is 0 Å². The van der Waals surface area contributed by atoms with Gasteiger partial charge in [-0.3, -0.25) is 0 Å². The van der Waals surface area contributed by atoms with Gasteiger partial charge < -0.3 is 25.6 Å². The Kier molecular flexibility index (Phi) is 4.40. The smallest absolute Gasteiger partial charge is 0.153 e. The highest BCUT2D eigenvalue weighted by molar-refractivity contribution is 6.30. The summed E-state index contributed by atoms with van der Waals surface area (Å²) in [5, 5.41) is 29.3. The molecule has 0 saturated heterocycles. The molecule has 2 aromatic rings. The van der Waals surface area contributed by atoms with Crippen molar-refractivity contribution >= 4 is 40.9 Å². The number of nitrogens with two attached hydrogens (primary N) is 1. The summed E-state index contributed by atoms with van der Waals surface area (Å²) in [4.78, 5) is 8.05. The maximum atomic E-state index is 10.1. The largest absolute Gasteiger partial charge is 0.392 e. The zero-order chi connectivity index (χ0) is 14.4. The lowest BCUT2D eigenvalue weighted by atomic mass is 10.1. The third-order valence-electron chi connectivity index (χ3n) is 3.50. The van der Waals surface area contributed by atoms with E-state index in [2.05, 4.69) is 9.97 Å². The summed E-state index contributed by atoms with van der Waals surface area (Å²) in [5.74, 6) is 0.200. The van der Waals surface area contributed by atoms with Crippen molar-refractivity contribution in [3.05, 3.63) is 29.2 Å². The Bertz CT molecular complexity index is 703. The second kappa shape index (κ2) is 5.78. The van der Waals surface area contributed by atoms with Crippen LogP contribution in [0, 0.1) is 0 Å². The molecule has 0 aromatic carbocycles. The fourth-order valence-corrected chi connectivity index (χ4v) is 2.67. The molecule has 2 aromatic heterocycles. The Balaban J connectivity index is 0.00000161. The number of nitrogens with zero attached hydrogens (tertiary/aromatic N) is 3. The third kappa shape index (κ3) is 2.47. The van der Waals surface area contributed by atoms with Crippen molar-refractivity contribution in [1.29, 1.82) is 0 Å². The second-order valence-electron chi connectivity index (χ2n) is 4.68. The first-order chi connectivity index (χ1) is 9.52. The van der Waals surface area contributed by atoms with Gasteiger partial charge in [-0.25, -0.2) is 9.97 Å². The molecular weight excluding hydrogens is 319 g/mol. The number of aliphatic hydroxyl groups excluding tert-OH is 3. The highest BCUT2D eigenvalue weighted by Crippen LogP contribution is 2.33. The summed E-state index contributed by atoms with van der Waals surface area (Å²) in [6.07, 6.45) is 0.942. The zero-order valence-corrected chi connectivity index (χ0v) is 12.3. The number of fused-ring (bicyclic) bond motifs is 1. The van der Waals surface area contributed by atoms with Gasteiger partial charge in [0.05, 0.1) is 24.5 Å². The number of pyridine rings is 1. The number of hydrogen-bond acceptors (Lipinski definition) is 6. The molecule has 0 unspecified atom stereocenters. The number of imidazole rings is 1. The highest BCUT2D eigenvalue weighted by Gasteiger charge is 2.36. The Morgan fingerprint density at radius 1 is 1.38 bits per heavy atom. The number of anilines is 1. The van der Waals surface area contributed by atoms with E-state index in [1.54, 1.807) is 16.7 Å². The van der Waals surface area contributed by atoms with Crippen molar-refractivity contribution in [2.75, 3.05) is 12.3 Å². The summed E-state index contributed by atoms with van der Waals surface area (Å²) in [5.41, 5.74) is 7.20. The number of hydrogen-bond donors (Lipinski definition) is 4. The molecule has 0 aliphatic heterocycles. The zero-order valence-electron chi connectivity index (χ0n) is 10.7. The first-order valence-corrected chi connectivity index (χ1v) is 6.37. The molecule has 0 spiro atoms. The SMILES string of the molecule is Cl.Nc1nc(Cl)cc2c1ncn2[C@@H]1C=C(CO)[C@@H](O)[C@H]1O. The van der Waals surface area contributed by atoms with Gasteiger partial charge in [-0.1, -0.05) is 17.7 Å². The van der Waals surface area contributed by atoms with E-state index in [4.69, 9.17) is 22.4 Å². The van der Waals surface area contributed by atoms with Gasteiger partial charge in [-0.15, -0.1) is 12.4 Å². The van der Waals surface area contributed by atoms with Gasteiger partial charge in [-0.05, 0) is 5.57 Å². The summed E-state index contributed by atoms with van der Waals surface area (Å²) < 4.78 is 1.65. The van der Waals surface area contributed by atoms with Gasteiger partial charge in [0.25, 0.3) is 0 Å². The van der Waals surface area contributed by atoms with Crippen molar-refractivity contribution < 1.29 is 15.3 Å². The van der Waals surface area contributed by atoms with E-state index in [-0.39, 0.29) is 30.0 Å². The summed E-state index contributed by atoms with van der Waals surface area (Å²) in [6, 6.07) is 1.04. The lowest BCUT2D eigenvalue weighted by molar-refractivity contribution is 0.0288. The molecule has 5 N–H and O–H groups in total. The topological polar surface area (TPSA) is 117 Å². The first-order valence-electron chi connectivity index (χ1n) is 5.99. The van der Waals surface area contributed by atoms with Crippen molar-refractivity contribution in [2.24, 2.45) is 0 Å².